The van der Waals surface area contributed by atoms with Gasteiger partial charge in [-0.2, -0.15) is 0 Å². The van der Waals surface area contributed by atoms with Crippen LogP contribution in [0.2, 0.25) is 0 Å². The number of hydrogen-bond donors (Lipinski definition) is 0. The van der Waals surface area contributed by atoms with Crippen molar-refractivity contribution < 1.29 is 0 Å². The first-order valence-corrected chi connectivity index (χ1v) is 4.52. The van der Waals surface area contributed by atoms with Gasteiger partial charge in [0.15, 0.2) is 0 Å². The monoisotopic (exact) mass is 136 g/mol. The van der Waals surface area contributed by atoms with Crippen molar-refractivity contribution in [3.63, 3.8) is 0 Å². The molecule has 0 aromatic carbocycles. The van der Waals surface area contributed by atoms with Crippen LogP contribution in [0.1, 0.15) is 39.0 Å². The lowest BCUT2D eigenvalue weighted by atomic mass is 10.0. The van der Waals surface area contributed by atoms with Crippen LogP contribution >= 0.6 is 0 Å². The molecule has 2 rings (SSSR count). The molecule has 2 bridgehead atoms. The zero-order valence-electron chi connectivity index (χ0n) is 6.77. The second-order valence-corrected chi connectivity index (χ2v) is 3.99. The van der Waals surface area contributed by atoms with Gasteiger partial charge < -0.3 is 0 Å². The van der Waals surface area contributed by atoms with Crippen molar-refractivity contribution in [3.8, 4) is 0 Å². The summed E-state index contributed by atoms with van der Waals surface area (Å²) < 4.78 is 0. The molecule has 10 heavy (non-hydrogen) atoms. The van der Waals surface area contributed by atoms with Gasteiger partial charge in [0.25, 0.3) is 0 Å². The van der Waals surface area contributed by atoms with Gasteiger partial charge in [-0.25, -0.2) is 0 Å². The molecule has 0 amide bonds. The van der Waals surface area contributed by atoms with Crippen LogP contribution < -0.4 is 0 Å². The van der Waals surface area contributed by atoms with E-state index in [1.807, 2.05) is 0 Å². The Balaban J connectivity index is 2.13. The third-order valence-corrected chi connectivity index (χ3v) is 3.05. The van der Waals surface area contributed by atoms with Crippen molar-refractivity contribution in [1.29, 1.82) is 0 Å². The lowest BCUT2D eigenvalue weighted by Gasteiger charge is -2.05. The van der Waals surface area contributed by atoms with E-state index in [0.717, 1.165) is 11.8 Å². The second kappa shape index (κ2) is 2.41. The van der Waals surface area contributed by atoms with Crippen LogP contribution in [0.5, 0.6) is 0 Å². The first-order valence-electron chi connectivity index (χ1n) is 4.52. The Kier molecular flexibility index (Phi) is 1.55. The molecule has 0 spiro atoms. The van der Waals surface area contributed by atoms with Crippen LogP contribution in [0.4, 0.5) is 0 Å². The summed E-state index contributed by atoms with van der Waals surface area (Å²) in [7, 11) is 0. The molecule has 0 aliphatic heterocycles. The van der Waals surface area contributed by atoms with Crippen molar-refractivity contribution in [1.82, 2.24) is 0 Å². The van der Waals surface area contributed by atoms with E-state index in [1.54, 1.807) is 5.57 Å². The molecular formula is C10H16. The molecule has 2 atom stereocenters. The number of hydrogen-bond acceptors (Lipinski definition) is 0. The first-order chi connectivity index (χ1) is 4.84. The van der Waals surface area contributed by atoms with Gasteiger partial charge in [-0.1, -0.05) is 11.6 Å². The number of fused-ring (bicyclic) bond motifs is 2. The van der Waals surface area contributed by atoms with Gasteiger partial charge in [0.2, 0.25) is 0 Å². The minimum atomic E-state index is 0.965. The summed E-state index contributed by atoms with van der Waals surface area (Å²) in [6, 6.07) is 0. The topological polar surface area (TPSA) is 0 Å². The predicted molar refractivity (Wildman–Crippen MR) is 43.8 cm³/mol. The molecule has 0 aromatic heterocycles. The van der Waals surface area contributed by atoms with Gasteiger partial charge >= 0.3 is 0 Å². The fourth-order valence-electron chi connectivity index (χ4n) is 2.44. The molecule has 1 saturated carbocycles. The fraction of sp³-hybridized carbons (Fsp3) is 0.800. The van der Waals surface area contributed by atoms with Crippen LogP contribution in [0.3, 0.4) is 0 Å². The Labute approximate surface area is 63.3 Å². The Hall–Kier alpha value is -0.260. The van der Waals surface area contributed by atoms with Gasteiger partial charge in [-0.15, -0.1) is 0 Å². The quantitative estimate of drug-likeness (QED) is 0.449. The molecule has 1 fully saturated rings. The summed E-state index contributed by atoms with van der Waals surface area (Å²) in [5, 5.41) is 0. The van der Waals surface area contributed by atoms with Crippen LogP contribution in [0.25, 0.3) is 0 Å². The largest absolute Gasteiger partial charge is 0.0825 e. The van der Waals surface area contributed by atoms with Gasteiger partial charge in [0.05, 0.1) is 0 Å². The standard InChI is InChI=1S/C10H16/c1-8-2-3-9-4-5-10(6-8)7-9/h6,9-10H,2-5,7H2,1H3. The lowest BCUT2D eigenvalue weighted by Crippen LogP contribution is -1.91. The lowest BCUT2D eigenvalue weighted by molar-refractivity contribution is 0.502. The van der Waals surface area contributed by atoms with Gasteiger partial charge in [-0.3, -0.25) is 0 Å². The van der Waals surface area contributed by atoms with Gasteiger partial charge in [0.1, 0.15) is 0 Å². The smallest absolute Gasteiger partial charge is 0.0228 e. The summed E-state index contributed by atoms with van der Waals surface area (Å²) in [4.78, 5) is 0. The number of allylic oxidation sites excluding steroid dienone is 2. The van der Waals surface area contributed by atoms with Crippen molar-refractivity contribution in [2.24, 2.45) is 11.8 Å². The SMILES string of the molecule is CC1=CC2CCC(CC1)C2. The van der Waals surface area contributed by atoms with E-state index < -0.39 is 0 Å². The third-order valence-electron chi connectivity index (χ3n) is 3.05. The van der Waals surface area contributed by atoms with Gasteiger partial charge in [0, 0.05) is 0 Å². The zero-order valence-corrected chi connectivity index (χ0v) is 6.77. The highest BCUT2D eigenvalue weighted by atomic mass is 14.3. The molecule has 0 N–H and O–H groups in total. The average molecular weight is 136 g/mol. The predicted octanol–water partition coefficient (Wildman–Crippen LogP) is 3.14. The molecule has 0 aromatic rings. The maximum absolute atomic E-state index is 2.52. The average Bonchev–Trinajstić information content (AvgIpc) is 2.22. The summed E-state index contributed by atoms with van der Waals surface area (Å²) in [6.07, 6.45) is 9.85. The van der Waals surface area contributed by atoms with E-state index in [-0.39, 0.29) is 0 Å². The summed E-state index contributed by atoms with van der Waals surface area (Å²) in [5.74, 6) is 2.05. The van der Waals surface area contributed by atoms with Crippen LogP contribution in [0.15, 0.2) is 11.6 Å². The third kappa shape index (κ3) is 1.12. The highest BCUT2D eigenvalue weighted by Crippen LogP contribution is 2.38. The van der Waals surface area contributed by atoms with Crippen molar-refractivity contribution in [2.45, 2.75) is 39.0 Å². The minimum absolute atomic E-state index is 0.965. The maximum atomic E-state index is 2.52. The summed E-state index contributed by atoms with van der Waals surface area (Å²) in [5.41, 5.74) is 1.65. The zero-order chi connectivity index (χ0) is 6.97. The van der Waals surface area contributed by atoms with E-state index in [4.69, 9.17) is 0 Å². The highest BCUT2D eigenvalue weighted by Gasteiger charge is 2.25. The van der Waals surface area contributed by atoms with Crippen LogP contribution in [-0.2, 0) is 0 Å². The number of rotatable bonds is 0. The molecule has 0 heteroatoms. The Bertz CT molecular complexity index is 155. The molecule has 0 heterocycles. The second-order valence-electron chi connectivity index (χ2n) is 3.99. The summed E-state index contributed by atoms with van der Waals surface area (Å²) >= 11 is 0. The van der Waals surface area contributed by atoms with E-state index in [9.17, 15) is 0 Å². The molecule has 0 nitrogen and oxygen atoms in total. The maximum Gasteiger partial charge on any atom is -0.0228 e. The van der Waals surface area contributed by atoms with E-state index in [2.05, 4.69) is 13.0 Å². The highest BCUT2D eigenvalue weighted by molar-refractivity contribution is 5.06. The molecule has 0 radical (unpaired) electrons. The first kappa shape index (κ1) is 6.45. The van der Waals surface area contributed by atoms with Crippen LogP contribution in [-0.4, -0.2) is 0 Å². The van der Waals surface area contributed by atoms with E-state index in [1.165, 1.54) is 32.1 Å². The van der Waals surface area contributed by atoms with Crippen molar-refractivity contribution >= 4 is 0 Å². The summed E-state index contributed by atoms with van der Waals surface area (Å²) in [6.45, 7) is 2.29. The van der Waals surface area contributed by atoms with Crippen molar-refractivity contribution in [3.05, 3.63) is 11.6 Å². The minimum Gasteiger partial charge on any atom is -0.0825 e. The fourth-order valence-corrected chi connectivity index (χ4v) is 2.44. The molecule has 0 saturated heterocycles. The van der Waals surface area contributed by atoms with Crippen molar-refractivity contribution in [2.75, 3.05) is 0 Å². The van der Waals surface area contributed by atoms with Gasteiger partial charge in [-0.05, 0) is 50.9 Å². The molecule has 2 unspecified atom stereocenters. The molecule has 56 valence electrons. The molecule has 2 aliphatic rings. The Morgan fingerprint density at radius 2 is 2.20 bits per heavy atom. The van der Waals surface area contributed by atoms with E-state index >= 15 is 0 Å². The van der Waals surface area contributed by atoms with E-state index in [0.29, 0.717) is 0 Å². The Morgan fingerprint density at radius 3 is 3.10 bits per heavy atom. The normalized spacial score (nSPS) is 39.1. The molecule has 2 aliphatic carbocycles. The van der Waals surface area contributed by atoms with Crippen LogP contribution in [0, 0.1) is 11.8 Å². The molecular weight excluding hydrogens is 120 g/mol. The Morgan fingerprint density at radius 1 is 1.30 bits per heavy atom.